The van der Waals surface area contributed by atoms with Gasteiger partial charge in [0.05, 0.1) is 10.4 Å². The molecule has 0 fully saturated rings. The monoisotopic (exact) mass is 614 g/mol. The summed E-state index contributed by atoms with van der Waals surface area (Å²) < 4.78 is 0. The maximum absolute atomic E-state index is 11.4. The number of nitro benzene ring substituents is 1. The smallest absolute Gasteiger partial charge is 0.269 e. The van der Waals surface area contributed by atoms with Gasteiger partial charge in [0.25, 0.3) is 5.69 Å². The molecule has 0 saturated heterocycles. The fraction of sp³-hybridized carbons (Fsp3) is 0.486. The zero-order valence-electron chi connectivity index (χ0n) is 26.6. The Morgan fingerprint density at radius 2 is 1.66 bits per heavy atom. The molecule has 2 heterocycles. The van der Waals surface area contributed by atoms with Gasteiger partial charge in [-0.1, -0.05) is 62.3 Å². The van der Waals surface area contributed by atoms with Crippen molar-refractivity contribution in [1.82, 2.24) is 10.3 Å². The first-order valence-corrected chi connectivity index (χ1v) is 16.9. The Bertz CT molecular complexity index is 1560. The molecule has 6 nitrogen and oxygen atoms in total. The van der Waals surface area contributed by atoms with Gasteiger partial charge in [-0.15, -0.1) is 0 Å². The van der Waals surface area contributed by atoms with E-state index in [1.54, 1.807) is 12.1 Å². The number of unbranched alkanes of at least 4 members (excludes halogenated alkanes) is 7. The van der Waals surface area contributed by atoms with Crippen molar-refractivity contribution in [3.63, 3.8) is 0 Å². The molecule has 1 atom stereocenters. The summed E-state index contributed by atoms with van der Waals surface area (Å²) in [6.45, 7) is 7.39. The zero-order valence-corrected chi connectivity index (χ0v) is 27.4. The van der Waals surface area contributed by atoms with E-state index in [2.05, 4.69) is 37.5 Å². The lowest BCUT2D eigenvalue weighted by Crippen LogP contribution is -2.23. The maximum atomic E-state index is 11.4. The number of nitro groups is 1. The summed E-state index contributed by atoms with van der Waals surface area (Å²) in [5.74, 6) is 0.109. The molecule has 2 aromatic carbocycles. The van der Waals surface area contributed by atoms with E-state index in [1.165, 1.54) is 97.0 Å². The number of hydrogen-bond acceptors (Lipinski definition) is 5. The lowest BCUT2D eigenvalue weighted by molar-refractivity contribution is -0.384. The van der Waals surface area contributed by atoms with Gasteiger partial charge in [0, 0.05) is 57.8 Å². The summed E-state index contributed by atoms with van der Waals surface area (Å²) in [7, 11) is 0. The number of aromatic nitrogens is 1. The standard InChI is InChI=1S/C37H47ClN4O2/c1-25-26(2)40-27(3)31(36(25)28-15-14-16-30(23-28)42(43)44)17-10-8-6-4-5-7-9-13-22-39-37-32-18-11-12-19-34(32)41-35-24-29(38)20-21-33(35)37/h14-16,20-21,23-24,36,40H,4-13,17-19,22H2,1-3H3,(H,39,41). The average Bonchev–Trinajstić information content (AvgIpc) is 3.01. The highest BCUT2D eigenvalue weighted by Gasteiger charge is 2.27. The Morgan fingerprint density at radius 1 is 0.932 bits per heavy atom. The normalized spacial score (nSPS) is 16.7. The zero-order chi connectivity index (χ0) is 31.1. The van der Waals surface area contributed by atoms with E-state index >= 15 is 0 Å². The van der Waals surface area contributed by atoms with Crippen LogP contribution in [0, 0.1) is 10.1 Å². The second kappa shape index (κ2) is 15.1. The molecule has 1 aliphatic carbocycles. The van der Waals surface area contributed by atoms with Crippen LogP contribution in [0.3, 0.4) is 0 Å². The van der Waals surface area contributed by atoms with Crippen LogP contribution in [0.15, 0.2) is 65.0 Å². The molecule has 234 valence electrons. The van der Waals surface area contributed by atoms with Gasteiger partial charge in [-0.05, 0) is 106 Å². The van der Waals surface area contributed by atoms with Gasteiger partial charge in [0.1, 0.15) is 0 Å². The Hall–Kier alpha value is -3.38. The molecule has 44 heavy (non-hydrogen) atoms. The first-order valence-electron chi connectivity index (χ1n) is 16.6. The maximum Gasteiger partial charge on any atom is 0.269 e. The second-order valence-corrected chi connectivity index (χ2v) is 13.1. The number of allylic oxidation sites excluding steroid dienone is 4. The Morgan fingerprint density at radius 3 is 2.43 bits per heavy atom. The highest BCUT2D eigenvalue weighted by Crippen LogP contribution is 2.41. The molecule has 0 bridgehead atoms. The van der Waals surface area contributed by atoms with Crippen LogP contribution < -0.4 is 10.6 Å². The van der Waals surface area contributed by atoms with Crippen molar-refractivity contribution in [3.05, 3.63) is 97.0 Å². The number of anilines is 1. The van der Waals surface area contributed by atoms with Crippen LogP contribution in [-0.4, -0.2) is 16.5 Å². The van der Waals surface area contributed by atoms with Crippen LogP contribution in [0.25, 0.3) is 10.9 Å². The predicted octanol–water partition coefficient (Wildman–Crippen LogP) is 10.6. The Balaban J connectivity index is 1.03. The number of non-ortho nitro benzene ring substituents is 1. The molecule has 2 N–H and O–H groups in total. The van der Waals surface area contributed by atoms with Crippen LogP contribution in [0.5, 0.6) is 0 Å². The van der Waals surface area contributed by atoms with Crippen LogP contribution in [-0.2, 0) is 12.8 Å². The number of aryl methyl sites for hydroxylation is 1. The summed E-state index contributed by atoms with van der Waals surface area (Å²) in [5, 5.41) is 20.7. The quantitative estimate of drug-likeness (QED) is 0.107. The Labute approximate surface area is 267 Å². The third-order valence-corrected chi connectivity index (χ3v) is 9.78. The van der Waals surface area contributed by atoms with Gasteiger partial charge in [-0.25, -0.2) is 0 Å². The molecule has 0 amide bonds. The molecule has 0 radical (unpaired) electrons. The van der Waals surface area contributed by atoms with E-state index in [0.29, 0.717) is 0 Å². The number of rotatable bonds is 14. The van der Waals surface area contributed by atoms with Gasteiger partial charge < -0.3 is 10.6 Å². The van der Waals surface area contributed by atoms with Crippen molar-refractivity contribution in [3.8, 4) is 0 Å². The average molecular weight is 615 g/mol. The summed E-state index contributed by atoms with van der Waals surface area (Å²) >= 11 is 6.28. The summed E-state index contributed by atoms with van der Waals surface area (Å²) in [4.78, 5) is 16.1. The molecular formula is C37H47ClN4O2. The van der Waals surface area contributed by atoms with Crippen molar-refractivity contribution in [2.45, 2.75) is 110 Å². The van der Waals surface area contributed by atoms with Crippen molar-refractivity contribution in [2.24, 2.45) is 0 Å². The minimum Gasteiger partial charge on any atom is -0.384 e. The van der Waals surface area contributed by atoms with Crippen molar-refractivity contribution in [1.29, 1.82) is 0 Å². The van der Waals surface area contributed by atoms with Gasteiger partial charge in [0.2, 0.25) is 0 Å². The number of fused-ring (bicyclic) bond motifs is 2. The number of benzene rings is 2. The second-order valence-electron chi connectivity index (χ2n) is 12.7. The SMILES string of the molecule is CC1=C(C)C(c2cccc([N+](=O)[O-])c2)C(CCCCCCCCCCNc2c3c(nc4cc(Cl)ccc24)CCCC3)=C(C)N1. The third kappa shape index (κ3) is 7.63. The highest BCUT2D eigenvalue weighted by molar-refractivity contribution is 6.31. The minimum atomic E-state index is -0.297. The van der Waals surface area contributed by atoms with E-state index in [9.17, 15) is 10.1 Å². The predicted molar refractivity (Wildman–Crippen MR) is 183 cm³/mol. The van der Waals surface area contributed by atoms with Crippen molar-refractivity contribution in [2.75, 3.05) is 11.9 Å². The van der Waals surface area contributed by atoms with Crippen LogP contribution in [0.1, 0.15) is 114 Å². The van der Waals surface area contributed by atoms with Gasteiger partial charge in [-0.2, -0.15) is 0 Å². The van der Waals surface area contributed by atoms with Crippen LogP contribution >= 0.6 is 11.6 Å². The molecule has 3 aromatic rings. The largest absolute Gasteiger partial charge is 0.384 e. The first kappa shape index (κ1) is 32.0. The summed E-state index contributed by atoms with van der Waals surface area (Å²) in [6.07, 6.45) is 15.5. The molecule has 7 heteroatoms. The molecule has 5 rings (SSSR count). The summed E-state index contributed by atoms with van der Waals surface area (Å²) in [6, 6.07) is 13.3. The molecule has 1 unspecified atom stereocenters. The lowest BCUT2D eigenvalue weighted by Gasteiger charge is -2.31. The fourth-order valence-electron chi connectivity index (χ4n) is 7.07. The topological polar surface area (TPSA) is 80.1 Å². The summed E-state index contributed by atoms with van der Waals surface area (Å²) in [5.41, 5.74) is 11.1. The molecule has 0 saturated carbocycles. The van der Waals surface area contributed by atoms with Crippen molar-refractivity contribution >= 4 is 33.9 Å². The number of nitrogens with zero attached hydrogens (tertiary/aromatic N) is 2. The molecular weight excluding hydrogens is 568 g/mol. The molecule has 1 aliphatic heterocycles. The van der Waals surface area contributed by atoms with Gasteiger partial charge in [0.15, 0.2) is 0 Å². The van der Waals surface area contributed by atoms with Gasteiger partial charge >= 0.3 is 0 Å². The van der Waals surface area contributed by atoms with E-state index in [0.717, 1.165) is 54.0 Å². The molecule has 1 aromatic heterocycles. The number of nitrogens with one attached hydrogen (secondary N) is 2. The van der Waals surface area contributed by atoms with Crippen LogP contribution in [0.4, 0.5) is 11.4 Å². The lowest BCUT2D eigenvalue weighted by atomic mass is 9.79. The molecule has 2 aliphatic rings. The number of halogens is 1. The van der Waals surface area contributed by atoms with E-state index in [1.807, 2.05) is 24.3 Å². The number of pyridine rings is 1. The van der Waals surface area contributed by atoms with Crippen molar-refractivity contribution < 1.29 is 4.92 Å². The Kier molecular flexibility index (Phi) is 11.0. The number of hydrogen-bond donors (Lipinski definition) is 2. The first-order chi connectivity index (χ1) is 21.3. The van der Waals surface area contributed by atoms with E-state index in [-0.39, 0.29) is 16.5 Å². The van der Waals surface area contributed by atoms with Gasteiger partial charge in [-0.3, -0.25) is 15.1 Å². The number of dihydropyridines is 1. The highest BCUT2D eigenvalue weighted by atomic mass is 35.5. The van der Waals surface area contributed by atoms with Crippen LogP contribution in [0.2, 0.25) is 5.02 Å². The van der Waals surface area contributed by atoms with E-state index < -0.39 is 0 Å². The third-order valence-electron chi connectivity index (χ3n) is 9.54. The molecule has 0 spiro atoms. The fourth-order valence-corrected chi connectivity index (χ4v) is 7.24. The minimum absolute atomic E-state index is 0.109. The van der Waals surface area contributed by atoms with E-state index in [4.69, 9.17) is 16.6 Å².